The molecule has 1 fully saturated rings. The van der Waals surface area contributed by atoms with E-state index in [2.05, 4.69) is 0 Å². The average Bonchev–Trinajstić information content (AvgIpc) is 2.76. The van der Waals surface area contributed by atoms with Gasteiger partial charge in [-0.3, -0.25) is 9.59 Å². The van der Waals surface area contributed by atoms with Gasteiger partial charge in [0.1, 0.15) is 17.9 Å². The summed E-state index contributed by atoms with van der Waals surface area (Å²) in [5, 5.41) is 9.23. The molecule has 1 aromatic carbocycles. The number of ether oxygens (including phenoxy) is 3. The van der Waals surface area contributed by atoms with E-state index in [9.17, 15) is 14.9 Å². The minimum Gasteiger partial charge on any atom is -0.493 e. The molecular formula is C22H29N3O5. The molecule has 0 spiro atoms. The number of fused-ring (bicyclic) bond motifs is 3. The van der Waals surface area contributed by atoms with Crippen molar-refractivity contribution >= 4 is 11.8 Å². The smallest absolute Gasteiger partial charge is 0.258 e. The van der Waals surface area contributed by atoms with Gasteiger partial charge in [0.25, 0.3) is 5.91 Å². The van der Waals surface area contributed by atoms with Crippen LogP contribution in [0, 0.1) is 11.3 Å². The number of methoxy groups -OCH3 is 1. The number of rotatable bonds is 1. The van der Waals surface area contributed by atoms with Crippen LogP contribution in [0.25, 0.3) is 0 Å². The van der Waals surface area contributed by atoms with Crippen molar-refractivity contribution in [3.8, 4) is 11.8 Å². The topological polar surface area (TPSA) is 92.1 Å². The number of hydrogen-bond donors (Lipinski definition) is 0. The van der Waals surface area contributed by atoms with Gasteiger partial charge in [0.15, 0.2) is 0 Å². The van der Waals surface area contributed by atoms with Crippen LogP contribution in [0.1, 0.15) is 42.1 Å². The van der Waals surface area contributed by atoms with Crippen molar-refractivity contribution in [2.45, 2.75) is 50.5 Å². The third kappa shape index (κ3) is 4.58. The fraction of sp³-hybridized carbons (Fsp3) is 0.591. The van der Waals surface area contributed by atoms with Crippen LogP contribution in [0.4, 0.5) is 0 Å². The Morgan fingerprint density at radius 1 is 1.20 bits per heavy atom. The summed E-state index contributed by atoms with van der Waals surface area (Å²) in [5.74, 6) is -0.153. The van der Waals surface area contributed by atoms with Crippen molar-refractivity contribution < 1.29 is 23.8 Å². The zero-order chi connectivity index (χ0) is 21.8. The van der Waals surface area contributed by atoms with E-state index in [1.165, 1.54) is 11.0 Å². The molecule has 8 heteroatoms. The van der Waals surface area contributed by atoms with E-state index in [4.69, 9.17) is 14.2 Å². The molecule has 0 aromatic heterocycles. The fourth-order valence-electron chi connectivity index (χ4n) is 3.98. The van der Waals surface area contributed by atoms with Gasteiger partial charge in [-0.05, 0) is 38.0 Å². The molecule has 8 nitrogen and oxygen atoms in total. The second-order valence-corrected chi connectivity index (χ2v) is 7.92. The van der Waals surface area contributed by atoms with Crippen LogP contribution < -0.4 is 4.74 Å². The second kappa shape index (κ2) is 9.45. The molecule has 2 amide bonds. The fourth-order valence-corrected chi connectivity index (χ4v) is 3.98. The molecule has 0 radical (unpaired) electrons. The van der Waals surface area contributed by atoms with Gasteiger partial charge in [0, 0.05) is 34.2 Å². The largest absolute Gasteiger partial charge is 0.493 e. The van der Waals surface area contributed by atoms with Crippen LogP contribution in [0.15, 0.2) is 18.2 Å². The molecule has 1 aromatic rings. The van der Waals surface area contributed by atoms with E-state index < -0.39 is 6.04 Å². The highest BCUT2D eigenvalue weighted by molar-refractivity contribution is 5.99. The van der Waals surface area contributed by atoms with Gasteiger partial charge in [-0.1, -0.05) is 0 Å². The lowest BCUT2D eigenvalue weighted by atomic mass is 9.98. The van der Waals surface area contributed by atoms with Crippen LogP contribution in [-0.2, 0) is 14.3 Å². The van der Waals surface area contributed by atoms with Crippen molar-refractivity contribution in [3.05, 3.63) is 29.3 Å². The normalized spacial score (nSPS) is 28.2. The lowest BCUT2D eigenvalue weighted by Gasteiger charge is -2.39. The summed E-state index contributed by atoms with van der Waals surface area (Å²) >= 11 is 0. The number of amides is 2. The first kappa shape index (κ1) is 22.1. The molecule has 162 valence electrons. The first-order chi connectivity index (χ1) is 14.3. The van der Waals surface area contributed by atoms with Gasteiger partial charge >= 0.3 is 0 Å². The molecule has 4 atom stereocenters. The summed E-state index contributed by atoms with van der Waals surface area (Å²) in [6, 6.07) is 6.12. The first-order valence-corrected chi connectivity index (χ1v) is 10.2. The molecule has 2 heterocycles. The Morgan fingerprint density at radius 2 is 1.97 bits per heavy atom. The molecule has 0 N–H and O–H groups in total. The number of likely N-dealkylation sites (N-methyl/N-ethyl adjacent to an activating group) is 2. The Morgan fingerprint density at radius 3 is 2.67 bits per heavy atom. The summed E-state index contributed by atoms with van der Waals surface area (Å²) in [6.07, 6.45) is 2.03. The lowest BCUT2D eigenvalue weighted by Crippen LogP contribution is -2.52. The molecule has 3 rings (SSSR count). The van der Waals surface area contributed by atoms with Gasteiger partial charge in [-0.2, -0.15) is 5.26 Å². The van der Waals surface area contributed by atoms with Crippen molar-refractivity contribution in [1.82, 2.24) is 9.80 Å². The highest BCUT2D eigenvalue weighted by Gasteiger charge is 2.35. The average molecular weight is 415 g/mol. The van der Waals surface area contributed by atoms with Crippen molar-refractivity contribution in [3.63, 3.8) is 0 Å². The molecule has 2 bridgehead atoms. The van der Waals surface area contributed by atoms with E-state index in [1.54, 1.807) is 45.2 Å². The van der Waals surface area contributed by atoms with Gasteiger partial charge < -0.3 is 24.0 Å². The van der Waals surface area contributed by atoms with Gasteiger partial charge in [-0.25, -0.2) is 0 Å². The Balaban J connectivity index is 1.94. The Kier molecular flexibility index (Phi) is 6.95. The lowest BCUT2D eigenvalue weighted by molar-refractivity contribution is -0.152. The van der Waals surface area contributed by atoms with E-state index in [0.29, 0.717) is 30.9 Å². The Bertz CT molecular complexity index is 837. The molecular weight excluding hydrogens is 386 g/mol. The highest BCUT2D eigenvalue weighted by atomic mass is 16.5. The third-order valence-electron chi connectivity index (χ3n) is 5.98. The third-order valence-corrected chi connectivity index (χ3v) is 5.98. The number of nitriles is 1. The van der Waals surface area contributed by atoms with Crippen LogP contribution >= 0.6 is 0 Å². The molecule has 2 aliphatic heterocycles. The molecule has 1 saturated heterocycles. The maximum absolute atomic E-state index is 13.2. The van der Waals surface area contributed by atoms with Crippen molar-refractivity contribution in [2.24, 2.45) is 0 Å². The minimum atomic E-state index is -0.690. The van der Waals surface area contributed by atoms with E-state index in [-0.39, 0.29) is 35.7 Å². The van der Waals surface area contributed by atoms with Crippen LogP contribution in [0.5, 0.6) is 5.75 Å². The summed E-state index contributed by atoms with van der Waals surface area (Å²) in [5.41, 5.74) is 0.637. The minimum absolute atomic E-state index is 0.00882. The maximum Gasteiger partial charge on any atom is 0.258 e. The SMILES string of the molecule is CO[C@@H]1CC[C@H]2CCOc3ccc(C#N)cc3C(=O)N(C)[C@H](C)C(=O)N(C)C[C@@H]1O2. The standard InChI is InChI=1S/C22H29N3O5/c1-14-21(26)24(2)13-20-19(28-4)8-6-16(30-20)9-10-29-18-7-5-15(12-23)11-17(18)22(27)25(14)3/h5,7,11,14,16,19-20H,6,8-10,13H2,1-4H3/t14-,16+,19-,20+/m1/s1. The molecule has 0 aliphatic carbocycles. The van der Waals surface area contributed by atoms with Crippen LogP contribution in [-0.4, -0.2) is 80.3 Å². The summed E-state index contributed by atoms with van der Waals surface area (Å²) in [4.78, 5) is 29.1. The summed E-state index contributed by atoms with van der Waals surface area (Å²) < 4.78 is 17.7. The van der Waals surface area contributed by atoms with E-state index >= 15 is 0 Å². The summed E-state index contributed by atoms with van der Waals surface area (Å²) in [6.45, 7) is 2.46. The second-order valence-electron chi connectivity index (χ2n) is 7.92. The van der Waals surface area contributed by atoms with Gasteiger partial charge in [0.05, 0.1) is 36.0 Å². The zero-order valence-electron chi connectivity index (χ0n) is 18.0. The number of benzene rings is 1. The van der Waals surface area contributed by atoms with Crippen LogP contribution in [0.2, 0.25) is 0 Å². The van der Waals surface area contributed by atoms with Gasteiger partial charge in [-0.15, -0.1) is 0 Å². The molecule has 2 aliphatic rings. The molecule has 0 unspecified atom stereocenters. The number of carbonyl (C=O) groups is 2. The predicted octanol–water partition coefficient (Wildman–Crippen LogP) is 1.82. The number of carbonyl (C=O) groups excluding carboxylic acids is 2. The number of nitrogens with zero attached hydrogens (tertiary/aromatic N) is 3. The molecule has 0 saturated carbocycles. The number of hydrogen-bond acceptors (Lipinski definition) is 6. The maximum atomic E-state index is 13.2. The van der Waals surface area contributed by atoms with Gasteiger partial charge in [0.2, 0.25) is 5.91 Å². The summed E-state index contributed by atoms with van der Waals surface area (Å²) in [7, 11) is 4.96. The highest BCUT2D eigenvalue weighted by Crippen LogP contribution is 2.27. The monoisotopic (exact) mass is 415 g/mol. The first-order valence-electron chi connectivity index (χ1n) is 10.2. The van der Waals surface area contributed by atoms with Crippen molar-refractivity contribution in [2.75, 3.05) is 34.4 Å². The van der Waals surface area contributed by atoms with E-state index in [1.807, 2.05) is 6.07 Å². The van der Waals surface area contributed by atoms with Crippen LogP contribution in [0.3, 0.4) is 0 Å². The predicted molar refractivity (Wildman–Crippen MR) is 109 cm³/mol. The zero-order valence-corrected chi connectivity index (χ0v) is 18.0. The van der Waals surface area contributed by atoms with E-state index in [0.717, 1.165) is 12.8 Å². The Labute approximate surface area is 177 Å². The quantitative estimate of drug-likeness (QED) is 0.695. The van der Waals surface area contributed by atoms with Crippen molar-refractivity contribution in [1.29, 1.82) is 5.26 Å². The molecule has 30 heavy (non-hydrogen) atoms. The Hall–Kier alpha value is -2.63.